The molecule has 2 aromatic carbocycles. The number of rotatable bonds is 9. The number of hydrogen-bond donors (Lipinski definition) is 1. The fourth-order valence-electron chi connectivity index (χ4n) is 3.10. The molecule has 0 saturated carbocycles. The molecular weight excluding hydrogens is 443 g/mol. The molecule has 0 aliphatic heterocycles. The van der Waals surface area contributed by atoms with Crippen LogP contribution in [0.15, 0.2) is 42.5 Å². The van der Waals surface area contributed by atoms with Crippen LogP contribution in [-0.4, -0.2) is 28.8 Å². The summed E-state index contributed by atoms with van der Waals surface area (Å²) in [5, 5.41) is 4.48. The number of amides is 2. The molecule has 0 aliphatic carbocycles. The number of nitrogens with one attached hydrogen (secondary N) is 1. The quantitative estimate of drug-likeness (QED) is 0.496. The molecule has 0 aliphatic rings. The Morgan fingerprint density at radius 2 is 1.67 bits per heavy atom. The van der Waals surface area contributed by atoms with Crippen molar-refractivity contribution >= 4 is 46.6 Å². The van der Waals surface area contributed by atoms with Gasteiger partial charge >= 0.3 is 0 Å². The van der Waals surface area contributed by atoms with Gasteiger partial charge in [0, 0.05) is 27.7 Å². The van der Waals surface area contributed by atoms with Gasteiger partial charge in [0.1, 0.15) is 6.04 Å². The van der Waals surface area contributed by atoms with Gasteiger partial charge in [0.05, 0.1) is 6.42 Å². The highest BCUT2D eigenvalue weighted by Crippen LogP contribution is 2.25. The molecule has 2 aromatic rings. The van der Waals surface area contributed by atoms with Gasteiger partial charge < -0.3 is 10.2 Å². The average Bonchev–Trinajstić information content (AvgIpc) is 2.70. The zero-order valence-electron chi connectivity index (χ0n) is 17.4. The molecule has 2 amide bonds. The molecule has 0 aromatic heterocycles. The lowest BCUT2D eigenvalue weighted by Gasteiger charge is -2.32. The van der Waals surface area contributed by atoms with E-state index in [2.05, 4.69) is 5.32 Å². The van der Waals surface area contributed by atoms with Crippen LogP contribution in [0.2, 0.25) is 15.1 Å². The lowest BCUT2D eigenvalue weighted by Crippen LogP contribution is -2.51. The van der Waals surface area contributed by atoms with Gasteiger partial charge in [0.2, 0.25) is 11.8 Å². The number of carbonyl (C=O) groups is 2. The first-order valence-electron chi connectivity index (χ1n) is 10.0. The fourth-order valence-corrected chi connectivity index (χ4v) is 3.77. The summed E-state index contributed by atoms with van der Waals surface area (Å²) in [6.07, 6.45) is 1.37. The first kappa shape index (κ1) is 24.5. The molecule has 0 spiro atoms. The SMILES string of the molecule is CCC(C)NC(=O)C(CC)N(Cc1ccc(Cl)cc1Cl)C(=O)Cc1ccccc1Cl. The van der Waals surface area contributed by atoms with E-state index >= 15 is 0 Å². The number of carbonyl (C=O) groups excluding carboxylic acids is 2. The number of hydrogen-bond acceptors (Lipinski definition) is 2. The minimum Gasteiger partial charge on any atom is -0.352 e. The van der Waals surface area contributed by atoms with Crippen molar-refractivity contribution < 1.29 is 9.59 Å². The van der Waals surface area contributed by atoms with E-state index in [1.54, 1.807) is 29.2 Å². The first-order chi connectivity index (χ1) is 14.3. The van der Waals surface area contributed by atoms with Gasteiger partial charge in [-0.25, -0.2) is 0 Å². The summed E-state index contributed by atoms with van der Waals surface area (Å²) in [7, 11) is 0. The Morgan fingerprint density at radius 3 is 2.27 bits per heavy atom. The van der Waals surface area contributed by atoms with E-state index in [0.29, 0.717) is 27.1 Å². The van der Waals surface area contributed by atoms with Gasteiger partial charge in [0.15, 0.2) is 0 Å². The van der Waals surface area contributed by atoms with Crippen molar-refractivity contribution in [2.75, 3.05) is 0 Å². The third-order valence-corrected chi connectivity index (χ3v) is 6.00. The van der Waals surface area contributed by atoms with Crippen molar-refractivity contribution in [1.29, 1.82) is 0 Å². The van der Waals surface area contributed by atoms with Crippen molar-refractivity contribution in [2.45, 2.75) is 58.7 Å². The highest BCUT2D eigenvalue weighted by atomic mass is 35.5. The van der Waals surface area contributed by atoms with Gasteiger partial charge in [-0.2, -0.15) is 0 Å². The average molecular weight is 470 g/mol. The second-order valence-corrected chi connectivity index (χ2v) is 8.52. The van der Waals surface area contributed by atoms with E-state index in [4.69, 9.17) is 34.8 Å². The van der Waals surface area contributed by atoms with Crippen LogP contribution < -0.4 is 5.32 Å². The third kappa shape index (κ3) is 6.63. The molecule has 0 saturated heterocycles. The minimum absolute atomic E-state index is 0.0196. The van der Waals surface area contributed by atoms with Crippen molar-refractivity contribution in [3.63, 3.8) is 0 Å². The van der Waals surface area contributed by atoms with E-state index in [0.717, 1.165) is 12.0 Å². The van der Waals surface area contributed by atoms with Crippen LogP contribution in [0.25, 0.3) is 0 Å². The second kappa shape index (κ2) is 11.6. The molecule has 0 heterocycles. The lowest BCUT2D eigenvalue weighted by atomic mass is 10.1. The van der Waals surface area contributed by atoms with Crippen molar-refractivity contribution in [1.82, 2.24) is 10.2 Å². The van der Waals surface area contributed by atoms with Gasteiger partial charge in [-0.05, 0) is 49.1 Å². The second-order valence-electron chi connectivity index (χ2n) is 7.27. The number of benzene rings is 2. The zero-order chi connectivity index (χ0) is 22.3. The van der Waals surface area contributed by atoms with Crippen LogP contribution in [0.3, 0.4) is 0 Å². The fraction of sp³-hybridized carbons (Fsp3) is 0.391. The van der Waals surface area contributed by atoms with Crippen LogP contribution in [-0.2, 0) is 22.6 Å². The van der Waals surface area contributed by atoms with Crippen LogP contribution in [0.4, 0.5) is 0 Å². The van der Waals surface area contributed by atoms with Crippen LogP contribution in [0.5, 0.6) is 0 Å². The predicted octanol–water partition coefficient (Wildman–Crippen LogP) is 5.91. The van der Waals surface area contributed by atoms with Crippen molar-refractivity contribution in [3.8, 4) is 0 Å². The smallest absolute Gasteiger partial charge is 0.243 e. The summed E-state index contributed by atoms with van der Waals surface area (Å²) in [5.41, 5.74) is 1.44. The predicted molar refractivity (Wildman–Crippen MR) is 124 cm³/mol. The molecule has 2 atom stereocenters. The molecule has 0 fully saturated rings. The van der Waals surface area contributed by atoms with Gasteiger partial charge in [0.25, 0.3) is 0 Å². The molecule has 2 rings (SSSR count). The van der Waals surface area contributed by atoms with E-state index in [1.807, 2.05) is 39.0 Å². The number of halogens is 3. The minimum atomic E-state index is -0.624. The molecule has 7 heteroatoms. The monoisotopic (exact) mass is 468 g/mol. The molecule has 0 radical (unpaired) electrons. The van der Waals surface area contributed by atoms with E-state index in [1.165, 1.54) is 0 Å². The Hall–Kier alpha value is -1.75. The normalized spacial score (nSPS) is 12.9. The third-order valence-electron chi connectivity index (χ3n) is 5.04. The van der Waals surface area contributed by atoms with E-state index in [9.17, 15) is 9.59 Å². The topological polar surface area (TPSA) is 49.4 Å². The molecule has 2 unspecified atom stereocenters. The highest BCUT2D eigenvalue weighted by Gasteiger charge is 2.30. The molecular formula is C23H27Cl3N2O2. The van der Waals surface area contributed by atoms with Crippen molar-refractivity contribution in [2.24, 2.45) is 0 Å². The van der Waals surface area contributed by atoms with E-state index < -0.39 is 6.04 Å². The largest absolute Gasteiger partial charge is 0.352 e. The summed E-state index contributed by atoms with van der Waals surface area (Å²) >= 11 is 18.6. The van der Waals surface area contributed by atoms with Crippen LogP contribution in [0, 0.1) is 0 Å². The molecule has 4 nitrogen and oxygen atoms in total. The zero-order valence-corrected chi connectivity index (χ0v) is 19.7. The maximum absolute atomic E-state index is 13.3. The standard InChI is InChI=1S/C23H27Cl3N2O2/c1-4-15(3)27-23(30)21(5-2)28(14-17-10-11-18(24)13-20(17)26)22(29)12-16-8-6-7-9-19(16)25/h6-11,13,15,21H,4-5,12,14H2,1-3H3,(H,27,30). The van der Waals surface area contributed by atoms with E-state index in [-0.39, 0.29) is 30.8 Å². The molecule has 162 valence electrons. The van der Waals surface area contributed by atoms with Crippen molar-refractivity contribution in [3.05, 3.63) is 68.7 Å². The first-order valence-corrected chi connectivity index (χ1v) is 11.2. The number of nitrogens with zero attached hydrogens (tertiary/aromatic N) is 1. The Bertz CT molecular complexity index is 889. The summed E-state index contributed by atoms with van der Waals surface area (Å²) in [6, 6.07) is 11.7. The van der Waals surface area contributed by atoms with Crippen LogP contribution >= 0.6 is 34.8 Å². The molecule has 1 N–H and O–H groups in total. The van der Waals surface area contributed by atoms with Gasteiger partial charge in [-0.15, -0.1) is 0 Å². The Kier molecular flexibility index (Phi) is 9.47. The lowest BCUT2D eigenvalue weighted by molar-refractivity contribution is -0.141. The maximum Gasteiger partial charge on any atom is 0.243 e. The van der Waals surface area contributed by atoms with Gasteiger partial charge in [-0.1, -0.05) is 72.9 Å². The Balaban J connectivity index is 2.35. The van der Waals surface area contributed by atoms with Crippen LogP contribution in [0.1, 0.15) is 44.7 Å². The molecule has 0 bridgehead atoms. The Labute approximate surface area is 193 Å². The highest BCUT2D eigenvalue weighted by molar-refractivity contribution is 6.35. The maximum atomic E-state index is 13.3. The Morgan fingerprint density at radius 1 is 0.967 bits per heavy atom. The summed E-state index contributed by atoms with van der Waals surface area (Å²) in [4.78, 5) is 27.9. The summed E-state index contributed by atoms with van der Waals surface area (Å²) in [5.74, 6) is -0.371. The summed E-state index contributed by atoms with van der Waals surface area (Å²) in [6.45, 7) is 6.03. The summed E-state index contributed by atoms with van der Waals surface area (Å²) < 4.78 is 0. The molecule has 30 heavy (non-hydrogen) atoms. The van der Waals surface area contributed by atoms with Gasteiger partial charge in [-0.3, -0.25) is 9.59 Å².